The lowest BCUT2D eigenvalue weighted by Gasteiger charge is -2.06. The highest BCUT2D eigenvalue weighted by Crippen LogP contribution is 2.32. The summed E-state index contributed by atoms with van der Waals surface area (Å²) in [4.78, 5) is 33.3. The van der Waals surface area contributed by atoms with Gasteiger partial charge < -0.3 is 5.21 Å². The van der Waals surface area contributed by atoms with E-state index in [0.29, 0.717) is 0 Å². The van der Waals surface area contributed by atoms with Gasteiger partial charge in [-0.3, -0.25) is 14.7 Å². The lowest BCUT2D eigenvalue weighted by molar-refractivity contribution is -0.168. The zero-order valence-electron chi connectivity index (χ0n) is 13.6. The van der Waals surface area contributed by atoms with Crippen LogP contribution in [0.25, 0.3) is 22.4 Å². The van der Waals surface area contributed by atoms with Crippen molar-refractivity contribution >= 4 is 28.5 Å². The van der Waals surface area contributed by atoms with E-state index in [-0.39, 0.29) is 9.81 Å². The molecule has 1 aliphatic carbocycles. The molecule has 4 N–H and O–H groups in total. The Morgan fingerprint density at radius 1 is 0.967 bits per heavy atom. The van der Waals surface area contributed by atoms with E-state index in [1.165, 1.54) is 10.9 Å². The normalized spacial score (nSPS) is 13.1. The number of benzene rings is 1. The Balaban J connectivity index is 2.18. The number of aromatic nitrogens is 6. The molecule has 1 aliphatic heterocycles. The van der Waals surface area contributed by atoms with Gasteiger partial charge in [0.25, 0.3) is 0 Å². The van der Waals surface area contributed by atoms with E-state index in [1.807, 2.05) is 5.10 Å². The first-order chi connectivity index (χ1) is 13.9. The lowest BCUT2D eigenvalue weighted by atomic mass is 10.1. The molecule has 0 aromatic carbocycles. The highest BCUT2D eigenvalue weighted by atomic mass is 19.4. The fourth-order valence-electron chi connectivity index (χ4n) is 2.12. The second kappa shape index (κ2) is 6.66. The third-order valence-corrected chi connectivity index (χ3v) is 3.29. The van der Waals surface area contributed by atoms with E-state index in [2.05, 4.69) is 25.6 Å². The van der Waals surface area contributed by atoms with Crippen molar-refractivity contribution in [3.8, 4) is 11.4 Å². The van der Waals surface area contributed by atoms with Gasteiger partial charge in [0, 0.05) is 0 Å². The van der Waals surface area contributed by atoms with Crippen LogP contribution in [0.3, 0.4) is 0 Å². The van der Waals surface area contributed by atoms with Crippen molar-refractivity contribution in [2.75, 3.05) is 10.9 Å². The molecular weight excluding hydrogens is 438 g/mol. The molecule has 2 aliphatic rings. The number of rotatable bonds is 3. The molecule has 14 nitrogen and oxygen atoms in total. The number of H-pyrrole nitrogens is 1. The van der Waals surface area contributed by atoms with E-state index < -0.39 is 57.6 Å². The third-order valence-electron chi connectivity index (χ3n) is 3.29. The summed E-state index contributed by atoms with van der Waals surface area (Å²) in [6.45, 7) is 0. The van der Waals surface area contributed by atoms with Crippen molar-refractivity contribution in [2.45, 2.75) is 12.4 Å². The Morgan fingerprint density at radius 2 is 1.53 bits per heavy atom. The van der Waals surface area contributed by atoms with Gasteiger partial charge in [0.05, 0.1) is 0 Å². The number of nitroso groups, excluding NO2 is 1. The van der Waals surface area contributed by atoms with Crippen LogP contribution in [0.15, 0.2) is 10.3 Å². The predicted molar refractivity (Wildman–Crippen MR) is 77.9 cm³/mol. The number of fused-ring (bicyclic) bond motifs is 2. The second-order valence-electron chi connectivity index (χ2n) is 5.20. The Kier molecular flexibility index (Phi) is 4.55. The second-order valence-corrected chi connectivity index (χ2v) is 5.20. The predicted octanol–water partition coefficient (Wildman–Crippen LogP) is 0.0133. The number of halogens is 6. The largest absolute Gasteiger partial charge is 0.473 e. The van der Waals surface area contributed by atoms with Gasteiger partial charge in [0.15, 0.2) is 11.0 Å². The van der Waals surface area contributed by atoms with Crippen LogP contribution in [0, 0.1) is 4.91 Å². The first-order valence-corrected chi connectivity index (χ1v) is 7.06. The average Bonchev–Trinajstić information content (AvgIpc) is 3.21. The van der Waals surface area contributed by atoms with E-state index in [1.54, 1.807) is 0 Å². The van der Waals surface area contributed by atoms with Gasteiger partial charge in [-0.15, -0.1) is 25.1 Å². The first kappa shape index (κ1) is 20.5. The number of alkyl halides is 6. The molecule has 20 heteroatoms. The SMILES string of the molecule is O=Nc1c2[nH]n(NC(=O)C(F)(F)F)nc-2/c(=N/O)c2nn(NC(=O)C(F)(F)F)nc12. The quantitative estimate of drug-likeness (QED) is 0.191. The van der Waals surface area contributed by atoms with E-state index >= 15 is 0 Å². The maximum Gasteiger partial charge on any atom is 0.473 e. The summed E-state index contributed by atoms with van der Waals surface area (Å²) in [6, 6.07) is 0. The minimum atomic E-state index is -5.31. The van der Waals surface area contributed by atoms with Crippen molar-refractivity contribution in [3.05, 3.63) is 10.3 Å². The first-order valence-electron chi connectivity index (χ1n) is 7.06. The summed E-state index contributed by atoms with van der Waals surface area (Å²) in [6.07, 6.45) is -10.6. The fraction of sp³-hybridized carbons (Fsp3) is 0.200. The average molecular weight is 442 g/mol. The maximum atomic E-state index is 12.4. The minimum Gasteiger partial charge on any atom is -0.410 e. The molecule has 0 saturated carbocycles. The van der Waals surface area contributed by atoms with Crippen molar-refractivity contribution < 1.29 is 41.1 Å². The number of amides is 2. The number of hydrogen-bond acceptors (Lipinski definition) is 9. The summed E-state index contributed by atoms with van der Waals surface area (Å²) >= 11 is 0. The van der Waals surface area contributed by atoms with Gasteiger partial charge in [0.1, 0.15) is 22.4 Å². The Hall–Kier alpha value is -4.26. The van der Waals surface area contributed by atoms with Crippen LogP contribution in [0.1, 0.15) is 0 Å². The topological polar surface area (TPSA) is 185 Å². The van der Waals surface area contributed by atoms with Crippen molar-refractivity contribution in [1.29, 1.82) is 0 Å². The number of aromatic amines is 1. The van der Waals surface area contributed by atoms with Crippen LogP contribution in [-0.4, -0.2) is 59.6 Å². The van der Waals surface area contributed by atoms with Gasteiger partial charge in [-0.2, -0.15) is 26.3 Å². The molecule has 3 rings (SSSR count). The number of nitrogens with zero attached hydrogens (tertiary/aromatic N) is 7. The molecule has 0 saturated heterocycles. The molecule has 2 heterocycles. The van der Waals surface area contributed by atoms with Crippen LogP contribution >= 0.6 is 0 Å². The van der Waals surface area contributed by atoms with Crippen molar-refractivity contribution in [1.82, 2.24) is 30.2 Å². The Bertz CT molecular complexity index is 1180. The van der Waals surface area contributed by atoms with Crippen LogP contribution in [0.2, 0.25) is 0 Å². The van der Waals surface area contributed by atoms with Gasteiger partial charge in [0.2, 0.25) is 0 Å². The number of carbonyl (C=O) groups is 2. The van der Waals surface area contributed by atoms with Gasteiger partial charge in [-0.1, -0.05) is 10.1 Å². The Morgan fingerprint density at radius 3 is 2.07 bits per heavy atom. The van der Waals surface area contributed by atoms with Crippen LogP contribution in [0.5, 0.6) is 0 Å². The smallest absolute Gasteiger partial charge is 0.410 e. The molecule has 0 bridgehead atoms. The molecule has 0 atom stereocenters. The van der Waals surface area contributed by atoms with Crippen molar-refractivity contribution in [3.63, 3.8) is 0 Å². The molecule has 0 spiro atoms. The van der Waals surface area contributed by atoms with Gasteiger partial charge in [-0.05, 0) is 5.18 Å². The van der Waals surface area contributed by atoms with Gasteiger partial charge in [-0.25, -0.2) is 10.9 Å². The third kappa shape index (κ3) is 3.44. The molecule has 1 aromatic rings. The Labute approximate surface area is 156 Å². The van der Waals surface area contributed by atoms with Gasteiger partial charge >= 0.3 is 24.2 Å². The van der Waals surface area contributed by atoms with Crippen LogP contribution < -0.4 is 16.2 Å². The molecular formula is C10H4F6N10O4. The highest BCUT2D eigenvalue weighted by molar-refractivity contribution is 5.96. The summed E-state index contributed by atoms with van der Waals surface area (Å²) in [5.74, 6) is -4.94. The summed E-state index contributed by atoms with van der Waals surface area (Å²) in [5, 5.41) is 26.0. The molecule has 1 aromatic heterocycles. The minimum absolute atomic E-state index is 0.00220. The summed E-state index contributed by atoms with van der Waals surface area (Å²) in [5.41, 5.74) is -0.584. The van der Waals surface area contributed by atoms with Crippen molar-refractivity contribution in [2.24, 2.45) is 10.3 Å². The van der Waals surface area contributed by atoms with E-state index in [9.17, 15) is 46.0 Å². The number of carbonyl (C=O) groups excluding carboxylic acids is 2. The molecule has 2 amide bonds. The van der Waals surface area contributed by atoms with Crippen LogP contribution in [0.4, 0.5) is 32.0 Å². The highest BCUT2D eigenvalue weighted by Gasteiger charge is 2.40. The molecule has 0 fully saturated rings. The summed E-state index contributed by atoms with van der Waals surface area (Å²) < 4.78 is 74.1. The van der Waals surface area contributed by atoms with E-state index in [0.717, 1.165) is 0 Å². The standard InChI is InChI=1S/C10H4F6N10O4/c11-9(12,13)7(27)21-25-17-1-2(18-25)6(24-30)4-3(5(1)23-29)19-26(20-4)22-8(28)10(14,15)16/h17,30H,(H,21,27)(H,22,28)/b24-6-. The monoisotopic (exact) mass is 442 g/mol. The summed E-state index contributed by atoms with van der Waals surface area (Å²) in [7, 11) is 0. The molecule has 30 heavy (non-hydrogen) atoms. The van der Waals surface area contributed by atoms with Crippen LogP contribution in [-0.2, 0) is 9.59 Å². The maximum absolute atomic E-state index is 12.4. The zero-order valence-corrected chi connectivity index (χ0v) is 13.6. The molecule has 0 radical (unpaired) electrons. The number of hydrogen-bond donors (Lipinski definition) is 4. The lowest BCUT2D eigenvalue weighted by Crippen LogP contribution is -2.36. The molecule has 160 valence electrons. The number of nitrogens with one attached hydrogen (secondary N) is 3. The van der Waals surface area contributed by atoms with E-state index in [4.69, 9.17) is 0 Å². The molecule has 0 unspecified atom stereocenters. The fourth-order valence-corrected chi connectivity index (χ4v) is 2.12. The zero-order chi connectivity index (χ0) is 22.4.